The third-order valence-corrected chi connectivity index (χ3v) is 2.72. The fourth-order valence-electron chi connectivity index (χ4n) is 1.76. The summed E-state index contributed by atoms with van der Waals surface area (Å²) in [6.07, 6.45) is 1.31. The van der Waals surface area contributed by atoms with Gasteiger partial charge in [0.15, 0.2) is 17.3 Å². The minimum atomic E-state index is -1.06. The van der Waals surface area contributed by atoms with Gasteiger partial charge in [0.05, 0.1) is 20.4 Å². The van der Waals surface area contributed by atoms with Crippen molar-refractivity contribution in [1.29, 1.82) is 0 Å². The zero-order chi connectivity index (χ0) is 16.8. The van der Waals surface area contributed by atoms with Crippen LogP contribution in [0, 0.1) is 0 Å². The Morgan fingerprint density at radius 1 is 1.22 bits per heavy atom. The van der Waals surface area contributed by atoms with Gasteiger partial charge >= 0.3 is 12.0 Å². The van der Waals surface area contributed by atoms with Crippen molar-refractivity contribution in [3.63, 3.8) is 0 Å². The van der Waals surface area contributed by atoms with E-state index in [1.54, 1.807) is 18.2 Å². The standard InChI is InChI=1S/C13H15N5O5/c1-22-9-4-3-8(5-10(9)23-2)14-13(21)15-11-6-18(17-16-11)7-12(19)20/h3-6H,7H2,1-2H3,(H,19,20)(H2,14,15,21). The van der Waals surface area contributed by atoms with Crippen LogP contribution in [0.3, 0.4) is 0 Å². The van der Waals surface area contributed by atoms with Crippen LogP contribution in [0.2, 0.25) is 0 Å². The molecule has 10 heteroatoms. The number of aliphatic carboxylic acids is 1. The van der Waals surface area contributed by atoms with Crippen molar-refractivity contribution in [1.82, 2.24) is 15.0 Å². The maximum Gasteiger partial charge on any atom is 0.325 e. The molecule has 0 aliphatic carbocycles. The zero-order valence-corrected chi connectivity index (χ0v) is 12.4. The Labute approximate surface area is 131 Å². The fourth-order valence-corrected chi connectivity index (χ4v) is 1.76. The lowest BCUT2D eigenvalue weighted by Gasteiger charge is -2.10. The number of carbonyl (C=O) groups is 2. The summed E-state index contributed by atoms with van der Waals surface area (Å²) in [6, 6.07) is 4.33. The molecule has 0 aliphatic heterocycles. The lowest BCUT2D eigenvalue weighted by atomic mass is 10.3. The number of aromatic nitrogens is 3. The van der Waals surface area contributed by atoms with Gasteiger partial charge < -0.3 is 19.9 Å². The molecule has 10 nitrogen and oxygen atoms in total. The number of hydrogen-bond donors (Lipinski definition) is 3. The van der Waals surface area contributed by atoms with Crippen LogP contribution in [-0.2, 0) is 11.3 Å². The predicted molar refractivity (Wildman–Crippen MR) is 79.8 cm³/mol. The number of carboxylic acids is 1. The number of rotatable bonds is 6. The number of methoxy groups -OCH3 is 2. The van der Waals surface area contributed by atoms with Gasteiger partial charge in [-0.15, -0.1) is 5.10 Å². The van der Waals surface area contributed by atoms with Crippen molar-refractivity contribution < 1.29 is 24.2 Å². The molecule has 0 saturated heterocycles. The minimum Gasteiger partial charge on any atom is -0.493 e. The summed E-state index contributed by atoms with van der Waals surface area (Å²) in [4.78, 5) is 22.4. The molecule has 23 heavy (non-hydrogen) atoms. The highest BCUT2D eigenvalue weighted by atomic mass is 16.5. The van der Waals surface area contributed by atoms with Crippen LogP contribution in [0.5, 0.6) is 11.5 Å². The minimum absolute atomic E-state index is 0.129. The summed E-state index contributed by atoms with van der Waals surface area (Å²) >= 11 is 0. The van der Waals surface area contributed by atoms with E-state index in [1.165, 1.54) is 20.4 Å². The van der Waals surface area contributed by atoms with Crippen LogP contribution >= 0.6 is 0 Å². The van der Waals surface area contributed by atoms with Gasteiger partial charge in [-0.2, -0.15) is 0 Å². The number of nitrogens with zero attached hydrogens (tertiary/aromatic N) is 3. The average Bonchev–Trinajstić information content (AvgIpc) is 2.93. The number of nitrogens with one attached hydrogen (secondary N) is 2. The number of anilines is 2. The summed E-state index contributed by atoms with van der Waals surface area (Å²) < 4.78 is 11.3. The number of urea groups is 1. The first-order chi connectivity index (χ1) is 11.0. The smallest absolute Gasteiger partial charge is 0.325 e. The molecule has 0 fully saturated rings. The molecule has 0 radical (unpaired) electrons. The Balaban J connectivity index is 1.99. The molecule has 2 amide bonds. The first kappa shape index (κ1) is 16.1. The zero-order valence-electron chi connectivity index (χ0n) is 12.4. The van der Waals surface area contributed by atoms with Crippen molar-refractivity contribution >= 4 is 23.5 Å². The van der Waals surface area contributed by atoms with E-state index in [2.05, 4.69) is 20.9 Å². The molecule has 3 N–H and O–H groups in total. The highest BCUT2D eigenvalue weighted by Crippen LogP contribution is 2.29. The van der Waals surface area contributed by atoms with E-state index in [9.17, 15) is 9.59 Å². The van der Waals surface area contributed by atoms with Crippen LogP contribution in [-0.4, -0.2) is 46.3 Å². The highest BCUT2D eigenvalue weighted by molar-refractivity contribution is 5.99. The van der Waals surface area contributed by atoms with Crippen molar-refractivity contribution in [3.8, 4) is 11.5 Å². The molecule has 1 aromatic heterocycles. The fraction of sp³-hybridized carbons (Fsp3) is 0.231. The summed E-state index contributed by atoms with van der Waals surface area (Å²) in [6.45, 7) is -0.341. The third kappa shape index (κ3) is 4.33. The Morgan fingerprint density at radius 2 is 1.96 bits per heavy atom. The van der Waals surface area contributed by atoms with Crippen LogP contribution in [0.1, 0.15) is 0 Å². The van der Waals surface area contributed by atoms with E-state index < -0.39 is 12.0 Å². The number of carboxylic acid groups (broad SMARTS) is 1. The monoisotopic (exact) mass is 321 g/mol. The normalized spacial score (nSPS) is 10.0. The number of hydrogen-bond acceptors (Lipinski definition) is 6. The highest BCUT2D eigenvalue weighted by Gasteiger charge is 2.10. The van der Waals surface area contributed by atoms with E-state index in [4.69, 9.17) is 14.6 Å². The van der Waals surface area contributed by atoms with Crippen molar-refractivity contribution in [2.75, 3.05) is 24.9 Å². The lowest BCUT2D eigenvalue weighted by molar-refractivity contribution is -0.137. The lowest BCUT2D eigenvalue weighted by Crippen LogP contribution is -2.19. The molecule has 0 atom stereocenters. The maximum atomic E-state index is 11.9. The maximum absolute atomic E-state index is 11.9. The summed E-state index contributed by atoms with van der Waals surface area (Å²) in [5, 5.41) is 20.9. The van der Waals surface area contributed by atoms with Crippen molar-refractivity contribution in [2.45, 2.75) is 6.54 Å². The number of ether oxygens (including phenoxy) is 2. The quantitative estimate of drug-likeness (QED) is 0.724. The van der Waals surface area contributed by atoms with E-state index in [0.29, 0.717) is 17.2 Å². The first-order valence-electron chi connectivity index (χ1n) is 6.43. The second-order valence-electron chi connectivity index (χ2n) is 4.34. The van der Waals surface area contributed by atoms with Gasteiger partial charge in [0.25, 0.3) is 0 Å². The van der Waals surface area contributed by atoms with E-state index in [1.807, 2.05) is 0 Å². The largest absolute Gasteiger partial charge is 0.493 e. The Morgan fingerprint density at radius 3 is 2.61 bits per heavy atom. The summed E-state index contributed by atoms with van der Waals surface area (Å²) in [7, 11) is 3.00. The molecule has 0 unspecified atom stereocenters. The number of amides is 2. The van der Waals surface area contributed by atoms with Gasteiger partial charge in [0.2, 0.25) is 0 Å². The van der Waals surface area contributed by atoms with E-state index >= 15 is 0 Å². The van der Waals surface area contributed by atoms with Gasteiger partial charge in [-0.3, -0.25) is 10.1 Å². The van der Waals surface area contributed by atoms with Gasteiger partial charge in [0.1, 0.15) is 6.54 Å². The molecule has 2 aromatic rings. The van der Waals surface area contributed by atoms with Crippen molar-refractivity contribution in [2.24, 2.45) is 0 Å². The molecule has 0 spiro atoms. The molecular weight excluding hydrogens is 306 g/mol. The topological polar surface area (TPSA) is 128 Å². The molecule has 2 rings (SSSR count). The Kier molecular flexibility index (Phi) is 4.97. The van der Waals surface area contributed by atoms with Crippen LogP contribution in [0.25, 0.3) is 0 Å². The molecular formula is C13H15N5O5. The SMILES string of the molecule is COc1ccc(NC(=O)Nc2cn(CC(=O)O)nn2)cc1OC. The first-order valence-corrected chi connectivity index (χ1v) is 6.43. The third-order valence-electron chi connectivity index (χ3n) is 2.72. The number of carbonyl (C=O) groups excluding carboxylic acids is 1. The predicted octanol–water partition coefficient (Wildman–Crippen LogP) is 1.02. The van der Waals surface area contributed by atoms with Crippen molar-refractivity contribution in [3.05, 3.63) is 24.4 Å². The van der Waals surface area contributed by atoms with Gasteiger partial charge in [-0.25, -0.2) is 9.48 Å². The van der Waals surface area contributed by atoms with Gasteiger partial charge in [-0.05, 0) is 12.1 Å². The van der Waals surface area contributed by atoms with E-state index in [-0.39, 0.29) is 12.4 Å². The molecule has 0 bridgehead atoms. The number of benzene rings is 1. The molecule has 1 aromatic carbocycles. The molecule has 122 valence electrons. The molecule has 1 heterocycles. The Hall–Kier alpha value is -3.30. The van der Waals surface area contributed by atoms with Crippen LogP contribution < -0.4 is 20.1 Å². The van der Waals surface area contributed by atoms with Crippen LogP contribution in [0.4, 0.5) is 16.3 Å². The second kappa shape index (κ2) is 7.11. The molecule has 0 aliphatic rings. The summed E-state index contributed by atoms with van der Waals surface area (Å²) in [5.74, 6) is 0.0771. The van der Waals surface area contributed by atoms with Gasteiger partial charge in [0, 0.05) is 11.8 Å². The Bertz CT molecular complexity index is 715. The van der Waals surface area contributed by atoms with Gasteiger partial charge in [-0.1, -0.05) is 5.21 Å². The summed E-state index contributed by atoms with van der Waals surface area (Å²) in [5.41, 5.74) is 0.484. The van der Waals surface area contributed by atoms with E-state index in [0.717, 1.165) is 4.68 Å². The second-order valence-corrected chi connectivity index (χ2v) is 4.34. The molecule has 0 saturated carbocycles. The average molecular weight is 321 g/mol. The van der Waals surface area contributed by atoms with Crippen LogP contribution in [0.15, 0.2) is 24.4 Å².